The Hall–Kier alpha value is -0.810. The highest BCUT2D eigenvalue weighted by Crippen LogP contribution is 2.08. The zero-order valence-corrected chi connectivity index (χ0v) is 6.42. The van der Waals surface area contributed by atoms with E-state index in [4.69, 9.17) is 16.3 Å². The van der Waals surface area contributed by atoms with E-state index in [1.54, 1.807) is 0 Å². The van der Waals surface area contributed by atoms with Crippen molar-refractivity contribution in [2.45, 2.75) is 18.9 Å². The maximum absolute atomic E-state index is 5.36. The molecule has 0 saturated carbocycles. The SMILES string of the molecule is NNC(N)=NC1CCCOC1. The van der Waals surface area contributed by atoms with Gasteiger partial charge in [0.25, 0.3) is 0 Å². The molecular formula is C6H14N4O. The Kier molecular flexibility index (Phi) is 3.13. The molecule has 0 aromatic heterocycles. The predicted molar refractivity (Wildman–Crippen MR) is 42.8 cm³/mol. The Morgan fingerprint density at radius 2 is 2.45 bits per heavy atom. The van der Waals surface area contributed by atoms with Crippen LogP contribution in [0.3, 0.4) is 0 Å². The first kappa shape index (κ1) is 8.29. The van der Waals surface area contributed by atoms with Gasteiger partial charge in [0, 0.05) is 6.61 Å². The molecule has 1 aliphatic rings. The van der Waals surface area contributed by atoms with Gasteiger partial charge in [-0.3, -0.25) is 5.43 Å². The van der Waals surface area contributed by atoms with Crippen LogP contribution in [0.25, 0.3) is 0 Å². The highest BCUT2D eigenvalue weighted by molar-refractivity contribution is 5.77. The van der Waals surface area contributed by atoms with Gasteiger partial charge in [0.05, 0.1) is 12.6 Å². The van der Waals surface area contributed by atoms with Gasteiger partial charge in [-0.15, -0.1) is 0 Å². The van der Waals surface area contributed by atoms with Gasteiger partial charge in [-0.05, 0) is 12.8 Å². The van der Waals surface area contributed by atoms with E-state index in [1.165, 1.54) is 0 Å². The van der Waals surface area contributed by atoms with Crippen molar-refractivity contribution in [1.82, 2.24) is 5.43 Å². The largest absolute Gasteiger partial charge is 0.379 e. The summed E-state index contributed by atoms with van der Waals surface area (Å²) < 4.78 is 5.20. The molecule has 0 aromatic carbocycles. The van der Waals surface area contributed by atoms with Crippen molar-refractivity contribution >= 4 is 5.96 Å². The summed E-state index contributed by atoms with van der Waals surface area (Å²) in [7, 11) is 0. The number of rotatable bonds is 1. The van der Waals surface area contributed by atoms with Crippen LogP contribution in [-0.4, -0.2) is 25.2 Å². The third-order valence-corrected chi connectivity index (χ3v) is 1.61. The average Bonchev–Trinajstić information content (AvgIpc) is 2.06. The van der Waals surface area contributed by atoms with Gasteiger partial charge >= 0.3 is 0 Å². The Bertz CT molecular complexity index is 142. The van der Waals surface area contributed by atoms with E-state index in [-0.39, 0.29) is 12.0 Å². The molecule has 0 radical (unpaired) electrons. The summed E-state index contributed by atoms with van der Waals surface area (Å²) >= 11 is 0. The molecule has 11 heavy (non-hydrogen) atoms. The van der Waals surface area contributed by atoms with Crippen molar-refractivity contribution in [3.63, 3.8) is 0 Å². The molecule has 0 amide bonds. The molecule has 5 heteroatoms. The molecule has 5 nitrogen and oxygen atoms in total. The minimum absolute atomic E-state index is 0.180. The molecular weight excluding hydrogens is 144 g/mol. The quantitative estimate of drug-likeness (QED) is 0.196. The standard InChI is InChI=1S/C6H14N4O/c7-6(10-8)9-5-2-1-3-11-4-5/h5H,1-4,8H2,(H3,7,9,10). The number of aliphatic imine (C=N–C) groups is 1. The lowest BCUT2D eigenvalue weighted by molar-refractivity contribution is 0.0827. The fourth-order valence-corrected chi connectivity index (χ4v) is 1.06. The number of nitrogens with one attached hydrogen (secondary N) is 1. The minimum atomic E-state index is 0.180. The van der Waals surface area contributed by atoms with Crippen molar-refractivity contribution < 1.29 is 4.74 Å². The second-order valence-electron chi connectivity index (χ2n) is 2.53. The van der Waals surface area contributed by atoms with E-state index < -0.39 is 0 Å². The summed E-state index contributed by atoms with van der Waals surface area (Å²) in [6, 6.07) is 0.180. The topological polar surface area (TPSA) is 85.7 Å². The van der Waals surface area contributed by atoms with Gasteiger partial charge < -0.3 is 10.5 Å². The molecule has 1 saturated heterocycles. The highest BCUT2D eigenvalue weighted by Gasteiger charge is 2.12. The van der Waals surface area contributed by atoms with Gasteiger partial charge in [0.1, 0.15) is 0 Å². The average molecular weight is 158 g/mol. The summed E-state index contributed by atoms with van der Waals surface area (Å²) in [6.07, 6.45) is 2.08. The number of nitrogens with two attached hydrogens (primary N) is 2. The van der Waals surface area contributed by atoms with Crippen LogP contribution in [0, 0.1) is 0 Å². The molecule has 0 aliphatic carbocycles. The molecule has 1 atom stereocenters. The summed E-state index contributed by atoms with van der Waals surface area (Å²) in [4.78, 5) is 4.09. The maximum Gasteiger partial charge on any atom is 0.203 e. The van der Waals surface area contributed by atoms with Crippen LogP contribution in [0.1, 0.15) is 12.8 Å². The Morgan fingerprint density at radius 1 is 1.64 bits per heavy atom. The van der Waals surface area contributed by atoms with E-state index in [9.17, 15) is 0 Å². The van der Waals surface area contributed by atoms with Gasteiger partial charge in [0.2, 0.25) is 5.96 Å². The van der Waals surface area contributed by atoms with Crippen LogP contribution < -0.4 is 17.0 Å². The van der Waals surface area contributed by atoms with Crippen LogP contribution in [0.2, 0.25) is 0 Å². The molecule has 0 aromatic rings. The van der Waals surface area contributed by atoms with Gasteiger partial charge in [-0.25, -0.2) is 10.8 Å². The fraction of sp³-hybridized carbons (Fsp3) is 0.833. The summed E-state index contributed by atoms with van der Waals surface area (Å²) in [5.41, 5.74) is 7.65. The molecule has 5 N–H and O–H groups in total. The van der Waals surface area contributed by atoms with E-state index >= 15 is 0 Å². The molecule has 1 rings (SSSR count). The van der Waals surface area contributed by atoms with Gasteiger partial charge in [0.15, 0.2) is 0 Å². The lowest BCUT2D eigenvalue weighted by Gasteiger charge is -2.18. The minimum Gasteiger partial charge on any atom is -0.379 e. The number of hydrogen-bond acceptors (Lipinski definition) is 3. The molecule has 1 aliphatic heterocycles. The van der Waals surface area contributed by atoms with Crippen LogP contribution >= 0.6 is 0 Å². The van der Waals surface area contributed by atoms with Gasteiger partial charge in [-0.1, -0.05) is 0 Å². The Labute approximate surface area is 65.8 Å². The molecule has 64 valence electrons. The Balaban J connectivity index is 2.34. The van der Waals surface area contributed by atoms with Crippen LogP contribution in [0.15, 0.2) is 4.99 Å². The first-order valence-corrected chi connectivity index (χ1v) is 3.70. The summed E-state index contributed by atoms with van der Waals surface area (Å²) in [6.45, 7) is 1.49. The molecule has 1 unspecified atom stereocenters. The fourth-order valence-electron chi connectivity index (χ4n) is 1.06. The molecule has 0 spiro atoms. The summed E-state index contributed by atoms with van der Waals surface area (Å²) in [5.74, 6) is 5.32. The lowest BCUT2D eigenvalue weighted by Crippen LogP contribution is -2.39. The molecule has 1 fully saturated rings. The first-order valence-electron chi connectivity index (χ1n) is 3.70. The number of nitrogens with zero attached hydrogens (tertiary/aromatic N) is 1. The zero-order valence-electron chi connectivity index (χ0n) is 6.42. The van der Waals surface area contributed by atoms with Crippen LogP contribution in [0.4, 0.5) is 0 Å². The highest BCUT2D eigenvalue weighted by atomic mass is 16.5. The van der Waals surface area contributed by atoms with Crippen molar-refractivity contribution in [1.29, 1.82) is 0 Å². The second kappa shape index (κ2) is 4.15. The number of hydrazine groups is 1. The van der Waals surface area contributed by atoms with E-state index in [1.807, 2.05) is 0 Å². The zero-order chi connectivity index (χ0) is 8.10. The third kappa shape index (κ3) is 2.73. The second-order valence-corrected chi connectivity index (χ2v) is 2.53. The Morgan fingerprint density at radius 3 is 3.00 bits per heavy atom. The van der Waals surface area contributed by atoms with E-state index in [0.29, 0.717) is 6.61 Å². The smallest absolute Gasteiger partial charge is 0.203 e. The van der Waals surface area contributed by atoms with Gasteiger partial charge in [-0.2, -0.15) is 0 Å². The van der Waals surface area contributed by atoms with E-state index in [0.717, 1.165) is 19.4 Å². The third-order valence-electron chi connectivity index (χ3n) is 1.61. The lowest BCUT2D eigenvalue weighted by atomic mass is 10.1. The number of hydrogen-bond donors (Lipinski definition) is 3. The summed E-state index contributed by atoms with van der Waals surface area (Å²) in [5, 5.41) is 0. The monoisotopic (exact) mass is 158 g/mol. The van der Waals surface area contributed by atoms with Crippen molar-refractivity contribution in [2.75, 3.05) is 13.2 Å². The number of guanidine groups is 1. The van der Waals surface area contributed by atoms with Crippen LogP contribution in [0.5, 0.6) is 0 Å². The molecule has 0 bridgehead atoms. The van der Waals surface area contributed by atoms with E-state index in [2.05, 4.69) is 10.4 Å². The predicted octanol–water partition coefficient (Wildman–Crippen LogP) is -1.06. The maximum atomic E-state index is 5.36. The normalized spacial score (nSPS) is 26.6. The van der Waals surface area contributed by atoms with Crippen molar-refractivity contribution in [3.05, 3.63) is 0 Å². The van der Waals surface area contributed by atoms with Crippen molar-refractivity contribution in [3.8, 4) is 0 Å². The first-order chi connectivity index (χ1) is 5.33. The van der Waals surface area contributed by atoms with Crippen molar-refractivity contribution in [2.24, 2.45) is 16.6 Å². The molecule has 1 heterocycles. The number of ether oxygens (including phenoxy) is 1. The van der Waals surface area contributed by atoms with Crippen LogP contribution in [-0.2, 0) is 4.74 Å².